The summed E-state index contributed by atoms with van der Waals surface area (Å²) in [5, 5.41) is 11.5. The second-order valence-electron chi connectivity index (χ2n) is 3.41. The van der Waals surface area contributed by atoms with Gasteiger partial charge >= 0.3 is 0 Å². The maximum absolute atomic E-state index is 10.6. The van der Waals surface area contributed by atoms with E-state index in [1.165, 1.54) is 14.0 Å². The lowest BCUT2D eigenvalue weighted by atomic mass is 10.1. The second kappa shape index (κ2) is 6.33. The van der Waals surface area contributed by atoms with Crippen LogP contribution in [-0.4, -0.2) is 19.6 Å². The summed E-state index contributed by atoms with van der Waals surface area (Å²) >= 11 is 0. The van der Waals surface area contributed by atoms with Gasteiger partial charge in [0.05, 0.1) is 12.7 Å². The molecule has 1 N–H and O–H groups in total. The summed E-state index contributed by atoms with van der Waals surface area (Å²) in [7, 11) is 1.53. The number of carbonyl (C=O) groups excluding carboxylic acids is 1. The molecule has 0 aromatic heterocycles. The molecule has 0 aliphatic carbocycles. The first-order valence-corrected chi connectivity index (χ1v) is 5.16. The molecule has 0 saturated heterocycles. The van der Waals surface area contributed by atoms with E-state index in [9.17, 15) is 4.79 Å². The van der Waals surface area contributed by atoms with Crippen LogP contribution >= 0.6 is 0 Å². The molecular weight excluding hydrogens is 216 g/mol. The van der Waals surface area contributed by atoms with E-state index in [4.69, 9.17) is 10.00 Å². The van der Waals surface area contributed by atoms with Gasteiger partial charge in [-0.05, 0) is 17.7 Å². The molecule has 1 aromatic rings. The minimum absolute atomic E-state index is 0.0629. The van der Waals surface area contributed by atoms with Crippen molar-refractivity contribution in [2.24, 2.45) is 0 Å². The Bertz CT molecular complexity index is 473. The lowest BCUT2D eigenvalue weighted by molar-refractivity contribution is -0.118. The van der Waals surface area contributed by atoms with Gasteiger partial charge < -0.3 is 10.1 Å². The van der Waals surface area contributed by atoms with Crippen LogP contribution in [0.1, 0.15) is 18.1 Å². The van der Waals surface area contributed by atoms with Crippen molar-refractivity contribution >= 4 is 12.0 Å². The van der Waals surface area contributed by atoms with Crippen LogP contribution < -0.4 is 10.1 Å². The van der Waals surface area contributed by atoms with Crippen LogP contribution in [-0.2, 0) is 4.79 Å². The van der Waals surface area contributed by atoms with Gasteiger partial charge in [-0.3, -0.25) is 4.79 Å². The van der Waals surface area contributed by atoms with Crippen molar-refractivity contribution in [2.45, 2.75) is 6.92 Å². The first kappa shape index (κ1) is 12.8. The molecule has 1 rings (SSSR count). The molecule has 1 amide bonds. The third-order valence-electron chi connectivity index (χ3n) is 2.13. The van der Waals surface area contributed by atoms with Crippen molar-refractivity contribution in [3.8, 4) is 11.8 Å². The molecular formula is C13H14N2O2. The molecule has 4 heteroatoms. The van der Waals surface area contributed by atoms with Gasteiger partial charge in [-0.2, -0.15) is 5.26 Å². The molecule has 1 aromatic carbocycles. The number of ether oxygens (including phenoxy) is 1. The van der Waals surface area contributed by atoms with Crippen molar-refractivity contribution in [3.63, 3.8) is 0 Å². The lowest BCUT2D eigenvalue weighted by Crippen LogP contribution is -2.19. The fraction of sp³-hybridized carbons (Fsp3) is 0.231. The van der Waals surface area contributed by atoms with Gasteiger partial charge in [-0.25, -0.2) is 0 Å². The SMILES string of the molecule is COc1cc(C=CCNC(C)=O)ccc1C#N. The van der Waals surface area contributed by atoms with Crippen LogP contribution in [0.3, 0.4) is 0 Å². The standard InChI is InChI=1S/C13H14N2O2/c1-10(16)15-7-3-4-11-5-6-12(9-14)13(8-11)17-2/h3-6,8H,7H2,1-2H3,(H,15,16). The largest absolute Gasteiger partial charge is 0.495 e. The Morgan fingerprint density at radius 3 is 2.94 bits per heavy atom. The van der Waals surface area contributed by atoms with Crippen LogP contribution in [0.5, 0.6) is 5.75 Å². The van der Waals surface area contributed by atoms with Crippen molar-refractivity contribution < 1.29 is 9.53 Å². The Kier molecular flexibility index (Phi) is 4.77. The molecule has 0 aliphatic rings. The van der Waals surface area contributed by atoms with Gasteiger partial charge in [-0.1, -0.05) is 18.2 Å². The Balaban J connectivity index is 2.73. The van der Waals surface area contributed by atoms with Crippen molar-refractivity contribution in [1.29, 1.82) is 5.26 Å². The summed E-state index contributed by atoms with van der Waals surface area (Å²) in [5.74, 6) is 0.487. The van der Waals surface area contributed by atoms with E-state index in [-0.39, 0.29) is 5.91 Å². The Labute approximate surface area is 101 Å². The molecule has 88 valence electrons. The number of benzene rings is 1. The van der Waals surface area contributed by atoms with Gasteiger partial charge in [0.15, 0.2) is 0 Å². The number of hydrogen-bond donors (Lipinski definition) is 1. The van der Waals surface area contributed by atoms with E-state index < -0.39 is 0 Å². The second-order valence-corrected chi connectivity index (χ2v) is 3.41. The van der Waals surface area contributed by atoms with Crippen LogP contribution in [0.2, 0.25) is 0 Å². The van der Waals surface area contributed by atoms with Crippen LogP contribution in [0, 0.1) is 11.3 Å². The molecule has 0 saturated carbocycles. The topological polar surface area (TPSA) is 62.1 Å². The first-order chi connectivity index (χ1) is 8.17. The van der Waals surface area contributed by atoms with Gasteiger partial charge in [0.25, 0.3) is 0 Å². The van der Waals surface area contributed by atoms with E-state index in [2.05, 4.69) is 5.32 Å². The summed E-state index contributed by atoms with van der Waals surface area (Å²) in [6.45, 7) is 1.95. The van der Waals surface area contributed by atoms with E-state index in [0.29, 0.717) is 17.9 Å². The van der Waals surface area contributed by atoms with Gasteiger partial charge in [-0.15, -0.1) is 0 Å². The molecule has 0 fully saturated rings. The van der Waals surface area contributed by atoms with Crippen LogP contribution in [0.4, 0.5) is 0 Å². The molecule has 0 spiro atoms. The molecule has 0 unspecified atom stereocenters. The monoisotopic (exact) mass is 230 g/mol. The summed E-state index contributed by atoms with van der Waals surface area (Å²) in [6.07, 6.45) is 3.70. The van der Waals surface area contributed by atoms with Gasteiger partial charge in [0, 0.05) is 13.5 Å². The number of hydrogen-bond acceptors (Lipinski definition) is 3. The molecule has 0 bridgehead atoms. The maximum atomic E-state index is 10.6. The zero-order valence-electron chi connectivity index (χ0n) is 9.86. The fourth-order valence-electron chi connectivity index (χ4n) is 1.30. The van der Waals surface area contributed by atoms with Crippen LogP contribution in [0.25, 0.3) is 6.08 Å². The maximum Gasteiger partial charge on any atom is 0.217 e. The van der Waals surface area contributed by atoms with Crippen molar-refractivity contribution in [1.82, 2.24) is 5.32 Å². The predicted molar refractivity (Wildman–Crippen MR) is 65.4 cm³/mol. The third kappa shape index (κ3) is 3.99. The average Bonchev–Trinajstić information content (AvgIpc) is 2.34. The Hall–Kier alpha value is -2.28. The molecule has 0 aliphatic heterocycles. The quantitative estimate of drug-likeness (QED) is 0.856. The van der Waals surface area contributed by atoms with Gasteiger partial charge in [0.2, 0.25) is 5.91 Å². The lowest BCUT2D eigenvalue weighted by Gasteiger charge is -2.03. The van der Waals surface area contributed by atoms with E-state index in [1.54, 1.807) is 12.1 Å². The molecule has 0 radical (unpaired) electrons. The molecule has 4 nitrogen and oxygen atoms in total. The number of rotatable bonds is 4. The zero-order chi connectivity index (χ0) is 12.7. The molecule has 0 heterocycles. The summed E-state index contributed by atoms with van der Waals surface area (Å²) < 4.78 is 5.10. The number of amides is 1. The number of nitriles is 1. The van der Waals surface area contributed by atoms with E-state index in [1.807, 2.05) is 24.3 Å². The number of nitrogens with one attached hydrogen (secondary N) is 1. The van der Waals surface area contributed by atoms with Crippen molar-refractivity contribution in [3.05, 3.63) is 35.4 Å². The highest BCUT2D eigenvalue weighted by Gasteiger charge is 2.01. The summed E-state index contributed by atoms with van der Waals surface area (Å²) in [6, 6.07) is 7.36. The number of carbonyl (C=O) groups is 1. The third-order valence-corrected chi connectivity index (χ3v) is 2.13. The van der Waals surface area contributed by atoms with Crippen molar-refractivity contribution in [2.75, 3.05) is 13.7 Å². The first-order valence-electron chi connectivity index (χ1n) is 5.16. The highest BCUT2D eigenvalue weighted by atomic mass is 16.5. The Morgan fingerprint density at radius 1 is 1.59 bits per heavy atom. The molecule has 0 atom stereocenters. The normalized spacial score (nSPS) is 9.94. The predicted octanol–water partition coefficient (Wildman–Crippen LogP) is 1.72. The summed E-state index contributed by atoms with van der Waals surface area (Å²) in [5.41, 5.74) is 1.43. The summed E-state index contributed by atoms with van der Waals surface area (Å²) in [4.78, 5) is 10.6. The fourth-order valence-corrected chi connectivity index (χ4v) is 1.30. The highest BCUT2D eigenvalue weighted by molar-refractivity contribution is 5.73. The number of nitrogens with zero attached hydrogens (tertiary/aromatic N) is 1. The number of methoxy groups -OCH3 is 1. The van der Waals surface area contributed by atoms with E-state index >= 15 is 0 Å². The minimum atomic E-state index is -0.0629. The van der Waals surface area contributed by atoms with Gasteiger partial charge in [0.1, 0.15) is 11.8 Å². The smallest absolute Gasteiger partial charge is 0.217 e. The highest BCUT2D eigenvalue weighted by Crippen LogP contribution is 2.19. The molecule has 17 heavy (non-hydrogen) atoms. The Morgan fingerprint density at radius 2 is 2.35 bits per heavy atom. The van der Waals surface area contributed by atoms with E-state index in [0.717, 1.165) is 5.56 Å². The average molecular weight is 230 g/mol. The van der Waals surface area contributed by atoms with Crippen LogP contribution in [0.15, 0.2) is 24.3 Å². The minimum Gasteiger partial charge on any atom is -0.495 e. The zero-order valence-corrected chi connectivity index (χ0v) is 9.86.